The van der Waals surface area contributed by atoms with Crippen LogP contribution in [0.25, 0.3) is 0 Å². The molecule has 1 aromatic carbocycles. The minimum absolute atomic E-state index is 0.0216. The minimum atomic E-state index is -0.0216. The minimum Gasteiger partial charge on any atom is -0.469 e. The second-order valence-corrected chi connectivity index (χ2v) is 5.15. The number of benzene rings is 1. The highest BCUT2D eigenvalue weighted by Gasteiger charge is 2.11. The fraction of sp³-hybridized carbons (Fsp3) is 0.286. The Balaban J connectivity index is 2.22. The Bertz CT molecular complexity index is 482. The molecule has 2 N–H and O–H groups in total. The first-order chi connectivity index (χ1) is 8.08. The van der Waals surface area contributed by atoms with Crippen molar-refractivity contribution in [3.63, 3.8) is 0 Å². The second-order valence-electron chi connectivity index (χ2n) is 4.36. The van der Waals surface area contributed by atoms with Gasteiger partial charge >= 0.3 is 0 Å². The van der Waals surface area contributed by atoms with Crippen molar-refractivity contribution in [2.45, 2.75) is 26.3 Å². The predicted molar refractivity (Wildman–Crippen MR) is 73.0 cm³/mol. The highest BCUT2D eigenvalue weighted by molar-refractivity contribution is 9.10. The zero-order valence-corrected chi connectivity index (χ0v) is 11.6. The van der Waals surface area contributed by atoms with E-state index in [1.54, 1.807) is 6.26 Å². The van der Waals surface area contributed by atoms with E-state index in [9.17, 15) is 0 Å². The molecule has 0 spiro atoms. The smallest absolute Gasteiger partial charge is 0.105 e. The summed E-state index contributed by atoms with van der Waals surface area (Å²) in [6, 6.07) is 8.08. The maximum Gasteiger partial charge on any atom is 0.105 e. The van der Waals surface area contributed by atoms with E-state index in [0.717, 1.165) is 22.2 Å². The van der Waals surface area contributed by atoms with E-state index in [4.69, 9.17) is 10.2 Å². The third-order valence-corrected chi connectivity index (χ3v) is 4.14. The summed E-state index contributed by atoms with van der Waals surface area (Å²) in [6.07, 6.45) is 2.41. The summed E-state index contributed by atoms with van der Waals surface area (Å²) in [6.45, 7) is 4.17. The fourth-order valence-corrected chi connectivity index (χ4v) is 2.19. The summed E-state index contributed by atoms with van der Waals surface area (Å²) in [5.41, 5.74) is 9.79. The first-order valence-electron chi connectivity index (χ1n) is 5.62. The molecule has 0 aliphatic rings. The van der Waals surface area contributed by atoms with Crippen LogP contribution in [0.4, 0.5) is 0 Å². The number of hydrogen-bond acceptors (Lipinski definition) is 2. The van der Waals surface area contributed by atoms with Crippen LogP contribution in [0.15, 0.2) is 39.4 Å². The molecule has 0 radical (unpaired) electrons. The number of aryl methyl sites for hydroxylation is 2. The maximum atomic E-state index is 6.20. The lowest BCUT2D eigenvalue weighted by Gasteiger charge is -2.14. The molecule has 1 heterocycles. The number of hydrogen-bond donors (Lipinski definition) is 1. The predicted octanol–water partition coefficient (Wildman–Crippen LogP) is 3.90. The molecule has 17 heavy (non-hydrogen) atoms. The molecule has 2 aromatic rings. The topological polar surface area (TPSA) is 39.2 Å². The van der Waals surface area contributed by atoms with Crippen LogP contribution < -0.4 is 5.73 Å². The highest BCUT2D eigenvalue weighted by atomic mass is 79.9. The number of nitrogens with two attached hydrogens (primary N) is 1. The van der Waals surface area contributed by atoms with Gasteiger partial charge in [0, 0.05) is 16.9 Å². The summed E-state index contributed by atoms with van der Waals surface area (Å²) in [4.78, 5) is 0. The zero-order valence-electron chi connectivity index (χ0n) is 10.0. The molecular formula is C14H16BrNO. The van der Waals surface area contributed by atoms with E-state index in [2.05, 4.69) is 41.9 Å². The number of halogens is 1. The van der Waals surface area contributed by atoms with Gasteiger partial charge in [0.05, 0.1) is 6.26 Å². The van der Waals surface area contributed by atoms with Crippen LogP contribution in [0.2, 0.25) is 0 Å². The van der Waals surface area contributed by atoms with Crippen molar-refractivity contribution in [3.05, 3.63) is 57.5 Å². The Hall–Kier alpha value is -1.06. The molecule has 3 heteroatoms. The van der Waals surface area contributed by atoms with Gasteiger partial charge in [-0.1, -0.05) is 28.1 Å². The Morgan fingerprint density at radius 1 is 1.29 bits per heavy atom. The molecule has 90 valence electrons. The highest BCUT2D eigenvalue weighted by Crippen LogP contribution is 2.26. The van der Waals surface area contributed by atoms with Crippen molar-refractivity contribution in [2.75, 3.05) is 0 Å². The largest absolute Gasteiger partial charge is 0.469 e. The van der Waals surface area contributed by atoms with Gasteiger partial charge in [0.15, 0.2) is 0 Å². The third-order valence-electron chi connectivity index (χ3n) is 2.89. The first kappa shape index (κ1) is 12.4. The van der Waals surface area contributed by atoms with Crippen molar-refractivity contribution >= 4 is 15.9 Å². The first-order valence-corrected chi connectivity index (χ1v) is 6.42. The summed E-state index contributed by atoms with van der Waals surface area (Å²) < 4.78 is 6.48. The Morgan fingerprint density at radius 3 is 2.47 bits per heavy atom. The van der Waals surface area contributed by atoms with Crippen molar-refractivity contribution in [1.82, 2.24) is 0 Å². The van der Waals surface area contributed by atoms with Crippen LogP contribution in [0.3, 0.4) is 0 Å². The molecule has 0 amide bonds. The maximum absolute atomic E-state index is 6.20. The van der Waals surface area contributed by atoms with E-state index < -0.39 is 0 Å². The van der Waals surface area contributed by atoms with Crippen LogP contribution in [-0.2, 0) is 6.42 Å². The standard InChI is InChI=1S/C14H16BrNO/c1-9-6-11(7-10(2)14(9)15)13(16)8-12-4-3-5-17-12/h3-7,13H,8,16H2,1-2H3. The lowest BCUT2D eigenvalue weighted by atomic mass is 9.99. The van der Waals surface area contributed by atoms with E-state index in [-0.39, 0.29) is 6.04 Å². The molecule has 2 nitrogen and oxygen atoms in total. The third kappa shape index (κ3) is 2.79. The van der Waals surface area contributed by atoms with Gasteiger partial charge < -0.3 is 10.2 Å². The van der Waals surface area contributed by atoms with Gasteiger partial charge in [0.1, 0.15) is 5.76 Å². The average molecular weight is 294 g/mol. The zero-order chi connectivity index (χ0) is 12.4. The van der Waals surface area contributed by atoms with E-state index in [0.29, 0.717) is 0 Å². The SMILES string of the molecule is Cc1cc(C(N)Cc2ccco2)cc(C)c1Br. The molecule has 0 saturated heterocycles. The second kappa shape index (κ2) is 5.07. The quantitative estimate of drug-likeness (QED) is 0.932. The Morgan fingerprint density at radius 2 is 1.94 bits per heavy atom. The Kier molecular flexibility index (Phi) is 3.69. The molecule has 1 atom stereocenters. The van der Waals surface area contributed by atoms with Gasteiger partial charge in [-0.3, -0.25) is 0 Å². The summed E-state index contributed by atoms with van der Waals surface area (Å²) >= 11 is 3.56. The van der Waals surface area contributed by atoms with Gasteiger partial charge in [0.25, 0.3) is 0 Å². The van der Waals surface area contributed by atoms with Crippen LogP contribution >= 0.6 is 15.9 Å². The van der Waals surface area contributed by atoms with Gasteiger partial charge in [-0.15, -0.1) is 0 Å². The van der Waals surface area contributed by atoms with Gasteiger partial charge in [-0.2, -0.15) is 0 Å². The molecule has 0 fully saturated rings. The molecular weight excluding hydrogens is 278 g/mol. The monoisotopic (exact) mass is 293 g/mol. The summed E-state index contributed by atoms with van der Waals surface area (Å²) in [5, 5.41) is 0. The lowest BCUT2D eigenvalue weighted by molar-refractivity contribution is 0.488. The number of rotatable bonds is 3. The van der Waals surface area contributed by atoms with Crippen molar-refractivity contribution in [3.8, 4) is 0 Å². The summed E-state index contributed by atoms with van der Waals surface area (Å²) in [5.74, 6) is 0.927. The molecule has 0 aliphatic carbocycles. The van der Waals surface area contributed by atoms with E-state index in [1.165, 1.54) is 11.1 Å². The van der Waals surface area contributed by atoms with Crippen molar-refractivity contribution < 1.29 is 4.42 Å². The van der Waals surface area contributed by atoms with Crippen LogP contribution in [0, 0.1) is 13.8 Å². The van der Waals surface area contributed by atoms with Crippen LogP contribution in [0.1, 0.15) is 28.5 Å². The molecule has 0 bridgehead atoms. The van der Waals surface area contributed by atoms with Crippen molar-refractivity contribution in [1.29, 1.82) is 0 Å². The molecule has 0 saturated carbocycles. The lowest BCUT2D eigenvalue weighted by Crippen LogP contribution is -2.13. The number of furan rings is 1. The van der Waals surface area contributed by atoms with Gasteiger partial charge in [-0.25, -0.2) is 0 Å². The summed E-state index contributed by atoms with van der Waals surface area (Å²) in [7, 11) is 0. The van der Waals surface area contributed by atoms with Crippen molar-refractivity contribution in [2.24, 2.45) is 5.73 Å². The molecule has 2 rings (SSSR count). The van der Waals surface area contributed by atoms with Crippen LogP contribution in [-0.4, -0.2) is 0 Å². The normalized spacial score (nSPS) is 12.7. The fourth-order valence-electron chi connectivity index (χ4n) is 1.96. The van der Waals surface area contributed by atoms with Gasteiger partial charge in [0.2, 0.25) is 0 Å². The van der Waals surface area contributed by atoms with E-state index in [1.807, 2.05) is 12.1 Å². The van der Waals surface area contributed by atoms with Crippen LogP contribution in [0.5, 0.6) is 0 Å². The molecule has 1 unspecified atom stereocenters. The molecule has 1 aromatic heterocycles. The van der Waals surface area contributed by atoms with Gasteiger partial charge in [-0.05, 0) is 42.7 Å². The van der Waals surface area contributed by atoms with E-state index >= 15 is 0 Å². The Labute approximate surface area is 110 Å². The molecule has 0 aliphatic heterocycles. The average Bonchev–Trinajstić information content (AvgIpc) is 2.77.